The molecule has 1 unspecified atom stereocenters. The van der Waals surface area contributed by atoms with Gasteiger partial charge in [-0.25, -0.2) is 0 Å². The maximum absolute atomic E-state index is 11.6. The topological polar surface area (TPSA) is 58.6 Å². The van der Waals surface area contributed by atoms with Crippen LogP contribution >= 0.6 is 0 Å². The first-order valence-corrected chi connectivity index (χ1v) is 5.20. The number of carbonyl (C=O) groups is 1. The zero-order chi connectivity index (χ0) is 10.4. The highest BCUT2D eigenvalue weighted by molar-refractivity contribution is 5.78. The molecule has 4 nitrogen and oxygen atoms in total. The van der Waals surface area contributed by atoms with Crippen molar-refractivity contribution in [3.8, 4) is 0 Å². The minimum atomic E-state index is 0.105. The quantitative estimate of drug-likeness (QED) is 0.681. The van der Waals surface area contributed by atoms with E-state index in [1.54, 1.807) is 0 Å². The zero-order valence-corrected chi connectivity index (χ0v) is 8.66. The Labute approximate surface area is 84.6 Å². The Morgan fingerprint density at radius 1 is 1.57 bits per heavy atom. The van der Waals surface area contributed by atoms with E-state index in [2.05, 4.69) is 5.32 Å². The van der Waals surface area contributed by atoms with E-state index in [1.165, 1.54) is 0 Å². The molecule has 82 valence electrons. The lowest BCUT2D eigenvalue weighted by atomic mass is 9.99. The Bertz CT molecular complexity index is 178. The van der Waals surface area contributed by atoms with Gasteiger partial charge in [-0.1, -0.05) is 6.92 Å². The summed E-state index contributed by atoms with van der Waals surface area (Å²) >= 11 is 0. The lowest BCUT2D eigenvalue weighted by Crippen LogP contribution is -2.37. The summed E-state index contributed by atoms with van der Waals surface area (Å²) in [7, 11) is 0. The summed E-state index contributed by atoms with van der Waals surface area (Å²) in [6.07, 6.45) is 1.64. The summed E-state index contributed by atoms with van der Waals surface area (Å²) in [6.45, 7) is 3.96. The van der Waals surface area contributed by atoms with Crippen LogP contribution in [0.25, 0.3) is 0 Å². The highest BCUT2D eigenvalue weighted by Crippen LogP contribution is 2.14. The van der Waals surface area contributed by atoms with Crippen LogP contribution in [0, 0.1) is 11.8 Å². The fourth-order valence-corrected chi connectivity index (χ4v) is 1.44. The maximum Gasteiger partial charge on any atom is 0.223 e. The molecule has 0 aliphatic carbocycles. The van der Waals surface area contributed by atoms with Crippen LogP contribution in [0.3, 0.4) is 0 Å². The molecule has 1 rings (SSSR count). The fraction of sp³-hybridized carbons (Fsp3) is 0.900. The second kappa shape index (κ2) is 5.98. The van der Waals surface area contributed by atoms with Crippen molar-refractivity contribution in [3.63, 3.8) is 0 Å². The van der Waals surface area contributed by atoms with Crippen LogP contribution in [0.4, 0.5) is 0 Å². The smallest absolute Gasteiger partial charge is 0.223 e. The fourth-order valence-electron chi connectivity index (χ4n) is 1.44. The van der Waals surface area contributed by atoms with Gasteiger partial charge in [0.1, 0.15) is 0 Å². The lowest BCUT2D eigenvalue weighted by Gasteiger charge is -2.21. The van der Waals surface area contributed by atoms with Gasteiger partial charge in [0.2, 0.25) is 5.91 Å². The third-order valence-corrected chi connectivity index (χ3v) is 2.53. The number of ether oxygens (including phenoxy) is 1. The van der Waals surface area contributed by atoms with Crippen molar-refractivity contribution in [3.05, 3.63) is 0 Å². The number of hydrogen-bond acceptors (Lipinski definition) is 3. The van der Waals surface area contributed by atoms with Gasteiger partial charge in [0.15, 0.2) is 0 Å². The molecule has 14 heavy (non-hydrogen) atoms. The number of carbonyl (C=O) groups excluding carboxylic acids is 1. The number of hydrogen-bond donors (Lipinski definition) is 2. The lowest BCUT2D eigenvalue weighted by molar-refractivity contribution is -0.128. The van der Waals surface area contributed by atoms with Gasteiger partial charge in [-0.3, -0.25) is 4.79 Å². The summed E-state index contributed by atoms with van der Waals surface area (Å²) in [6, 6.07) is 0. The van der Waals surface area contributed by atoms with E-state index in [4.69, 9.17) is 9.84 Å². The SMILES string of the molecule is CC(CO)CNC(=O)C1CCOCC1. The molecule has 1 fully saturated rings. The number of amides is 1. The molecule has 1 atom stereocenters. The van der Waals surface area contributed by atoms with Crippen LogP contribution in [0.5, 0.6) is 0 Å². The molecule has 0 aromatic rings. The minimum absolute atomic E-state index is 0.105. The van der Waals surface area contributed by atoms with Gasteiger partial charge in [-0.05, 0) is 18.8 Å². The zero-order valence-electron chi connectivity index (χ0n) is 8.66. The molecule has 4 heteroatoms. The van der Waals surface area contributed by atoms with Gasteiger partial charge in [0, 0.05) is 32.3 Å². The second-order valence-corrected chi connectivity index (χ2v) is 3.92. The summed E-state index contributed by atoms with van der Waals surface area (Å²) in [5, 5.41) is 11.6. The average Bonchev–Trinajstić information content (AvgIpc) is 2.26. The van der Waals surface area contributed by atoms with Crippen LogP contribution in [0.15, 0.2) is 0 Å². The van der Waals surface area contributed by atoms with Gasteiger partial charge in [0.25, 0.3) is 0 Å². The number of aliphatic hydroxyl groups excluding tert-OH is 1. The largest absolute Gasteiger partial charge is 0.396 e. The Morgan fingerprint density at radius 2 is 2.21 bits per heavy atom. The summed E-state index contributed by atoms with van der Waals surface area (Å²) in [5.74, 6) is 0.349. The molecule has 0 radical (unpaired) electrons. The predicted molar refractivity (Wildman–Crippen MR) is 52.8 cm³/mol. The first-order valence-electron chi connectivity index (χ1n) is 5.20. The summed E-state index contributed by atoms with van der Waals surface area (Å²) in [4.78, 5) is 11.6. The van der Waals surface area contributed by atoms with Crippen LogP contribution in [-0.2, 0) is 9.53 Å². The van der Waals surface area contributed by atoms with Crippen LogP contribution in [-0.4, -0.2) is 37.4 Å². The Morgan fingerprint density at radius 3 is 2.79 bits per heavy atom. The van der Waals surface area contributed by atoms with Crippen molar-refractivity contribution in [2.45, 2.75) is 19.8 Å². The van der Waals surface area contributed by atoms with Gasteiger partial charge in [-0.2, -0.15) is 0 Å². The number of rotatable bonds is 4. The number of aliphatic hydroxyl groups is 1. The van der Waals surface area contributed by atoms with Gasteiger partial charge in [0.05, 0.1) is 0 Å². The highest BCUT2D eigenvalue weighted by Gasteiger charge is 2.21. The van der Waals surface area contributed by atoms with Gasteiger partial charge in [-0.15, -0.1) is 0 Å². The third-order valence-electron chi connectivity index (χ3n) is 2.53. The number of nitrogens with one attached hydrogen (secondary N) is 1. The standard InChI is InChI=1S/C10H19NO3/c1-8(7-12)6-11-10(13)9-2-4-14-5-3-9/h8-9,12H,2-7H2,1H3,(H,11,13). The first-order chi connectivity index (χ1) is 6.74. The van der Waals surface area contributed by atoms with E-state index < -0.39 is 0 Å². The van der Waals surface area contributed by atoms with Crippen LogP contribution < -0.4 is 5.32 Å². The van der Waals surface area contributed by atoms with Crippen molar-refractivity contribution < 1.29 is 14.6 Å². The van der Waals surface area contributed by atoms with Crippen molar-refractivity contribution >= 4 is 5.91 Å². The van der Waals surface area contributed by atoms with Gasteiger partial charge < -0.3 is 15.2 Å². The molecule has 1 saturated heterocycles. The van der Waals surface area contributed by atoms with Crippen molar-refractivity contribution in [1.29, 1.82) is 0 Å². The van der Waals surface area contributed by atoms with E-state index in [-0.39, 0.29) is 24.3 Å². The van der Waals surface area contributed by atoms with E-state index in [0.29, 0.717) is 19.8 Å². The van der Waals surface area contributed by atoms with Gasteiger partial charge >= 0.3 is 0 Å². The predicted octanol–water partition coefficient (Wildman–Crippen LogP) is 0.158. The molecular formula is C10H19NO3. The van der Waals surface area contributed by atoms with Crippen LogP contribution in [0.2, 0.25) is 0 Å². The van der Waals surface area contributed by atoms with E-state index in [9.17, 15) is 4.79 Å². The Balaban J connectivity index is 2.19. The molecule has 0 spiro atoms. The molecule has 1 aliphatic rings. The summed E-state index contributed by atoms with van der Waals surface area (Å²) in [5.41, 5.74) is 0. The van der Waals surface area contributed by atoms with Crippen molar-refractivity contribution in [1.82, 2.24) is 5.32 Å². The molecule has 0 saturated carbocycles. The highest BCUT2D eigenvalue weighted by atomic mass is 16.5. The van der Waals surface area contributed by atoms with Crippen molar-refractivity contribution in [2.75, 3.05) is 26.4 Å². The van der Waals surface area contributed by atoms with E-state index in [1.807, 2.05) is 6.92 Å². The third kappa shape index (κ3) is 3.64. The minimum Gasteiger partial charge on any atom is -0.396 e. The molecule has 2 N–H and O–H groups in total. The Kier molecular flexibility index (Phi) is 4.90. The second-order valence-electron chi connectivity index (χ2n) is 3.92. The Hall–Kier alpha value is -0.610. The molecule has 1 aliphatic heterocycles. The molecule has 0 bridgehead atoms. The normalized spacial score (nSPS) is 20.4. The molecule has 0 aromatic heterocycles. The van der Waals surface area contributed by atoms with E-state index in [0.717, 1.165) is 12.8 Å². The molecular weight excluding hydrogens is 182 g/mol. The molecule has 1 amide bonds. The first kappa shape index (κ1) is 11.5. The molecule has 0 aromatic carbocycles. The molecule has 1 heterocycles. The summed E-state index contributed by atoms with van der Waals surface area (Å²) < 4.78 is 5.18. The van der Waals surface area contributed by atoms with Crippen molar-refractivity contribution in [2.24, 2.45) is 11.8 Å². The monoisotopic (exact) mass is 201 g/mol. The maximum atomic E-state index is 11.6. The van der Waals surface area contributed by atoms with Crippen LogP contribution in [0.1, 0.15) is 19.8 Å². The average molecular weight is 201 g/mol. The van der Waals surface area contributed by atoms with E-state index >= 15 is 0 Å².